The Bertz CT molecular complexity index is 458. The van der Waals surface area contributed by atoms with Gasteiger partial charge in [-0.2, -0.15) is 0 Å². The molecule has 4 heteroatoms. The first-order valence-electron chi connectivity index (χ1n) is 7.34. The van der Waals surface area contributed by atoms with Gasteiger partial charge in [0.2, 0.25) is 0 Å². The second-order valence-corrected chi connectivity index (χ2v) is 5.75. The minimum atomic E-state index is -0.0574. The van der Waals surface area contributed by atoms with E-state index in [1.807, 2.05) is 0 Å². The molecule has 0 bridgehead atoms. The third-order valence-electron chi connectivity index (χ3n) is 4.62. The van der Waals surface area contributed by atoms with Gasteiger partial charge in [0.25, 0.3) is 0 Å². The normalized spacial score (nSPS) is 26.8. The van der Waals surface area contributed by atoms with Crippen molar-refractivity contribution >= 4 is 5.97 Å². The van der Waals surface area contributed by atoms with Crippen molar-refractivity contribution in [1.29, 1.82) is 0 Å². The monoisotopic (exact) mass is 263 g/mol. The van der Waals surface area contributed by atoms with Crippen LogP contribution in [0.5, 0.6) is 0 Å². The molecule has 0 spiro atoms. The fourth-order valence-electron chi connectivity index (χ4n) is 3.49. The Labute approximate surface area is 113 Å². The van der Waals surface area contributed by atoms with E-state index in [0.29, 0.717) is 5.92 Å². The first kappa shape index (κ1) is 12.7. The Morgan fingerprint density at radius 3 is 2.68 bits per heavy atom. The summed E-state index contributed by atoms with van der Waals surface area (Å²) in [5.74, 6) is 1.59. The highest BCUT2D eigenvalue weighted by Crippen LogP contribution is 2.39. The molecule has 0 aliphatic heterocycles. The number of rotatable bonds is 2. The van der Waals surface area contributed by atoms with Gasteiger partial charge in [-0.05, 0) is 51.4 Å². The SMILES string of the molecule is COC(=O)C1CCC(c2onc3c2CCCC3)CC1. The van der Waals surface area contributed by atoms with Gasteiger partial charge in [-0.1, -0.05) is 5.16 Å². The lowest BCUT2D eigenvalue weighted by atomic mass is 9.79. The molecule has 1 saturated carbocycles. The molecular formula is C15H21NO3. The van der Waals surface area contributed by atoms with E-state index in [1.54, 1.807) is 0 Å². The average molecular weight is 263 g/mol. The molecule has 0 unspecified atom stereocenters. The number of hydrogen-bond donors (Lipinski definition) is 0. The lowest BCUT2D eigenvalue weighted by Crippen LogP contribution is -2.22. The molecule has 0 saturated heterocycles. The van der Waals surface area contributed by atoms with E-state index in [1.165, 1.54) is 31.2 Å². The maximum atomic E-state index is 11.5. The van der Waals surface area contributed by atoms with Crippen molar-refractivity contribution in [3.05, 3.63) is 17.0 Å². The van der Waals surface area contributed by atoms with Gasteiger partial charge in [-0.15, -0.1) is 0 Å². The maximum absolute atomic E-state index is 11.5. The zero-order chi connectivity index (χ0) is 13.2. The van der Waals surface area contributed by atoms with Gasteiger partial charge in [-0.3, -0.25) is 4.79 Å². The minimum absolute atomic E-state index is 0.0574. The van der Waals surface area contributed by atoms with Gasteiger partial charge in [0.15, 0.2) is 0 Å². The van der Waals surface area contributed by atoms with Crippen LogP contribution in [0.1, 0.15) is 61.5 Å². The van der Waals surface area contributed by atoms with Gasteiger partial charge >= 0.3 is 5.97 Å². The molecule has 0 amide bonds. The smallest absolute Gasteiger partial charge is 0.308 e. The number of ether oxygens (including phenoxy) is 1. The van der Waals surface area contributed by atoms with Crippen LogP contribution in [0.15, 0.2) is 4.52 Å². The second-order valence-electron chi connectivity index (χ2n) is 5.75. The van der Waals surface area contributed by atoms with Crippen molar-refractivity contribution in [2.45, 2.75) is 57.3 Å². The van der Waals surface area contributed by atoms with Gasteiger partial charge < -0.3 is 9.26 Å². The highest BCUT2D eigenvalue weighted by atomic mass is 16.5. The van der Waals surface area contributed by atoms with Crippen molar-refractivity contribution in [1.82, 2.24) is 5.16 Å². The number of nitrogens with zero attached hydrogens (tertiary/aromatic N) is 1. The summed E-state index contributed by atoms with van der Waals surface area (Å²) in [4.78, 5) is 11.5. The van der Waals surface area contributed by atoms with E-state index < -0.39 is 0 Å². The summed E-state index contributed by atoms with van der Waals surface area (Å²) in [7, 11) is 1.47. The molecule has 0 aromatic carbocycles. The Morgan fingerprint density at radius 1 is 1.21 bits per heavy atom. The van der Waals surface area contributed by atoms with Crippen LogP contribution in [-0.2, 0) is 22.4 Å². The molecule has 1 heterocycles. The summed E-state index contributed by atoms with van der Waals surface area (Å²) in [6.45, 7) is 0. The summed E-state index contributed by atoms with van der Waals surface area (Å²) in [5, 5.41) is 4.24. The highest BCUT2D eigenvalue weighted by Gasteiger charge is 2.32. The first-order chi connectivity index (χ1) is 9.29. The number of methoxy groups -OCH3 is 1. The highest BCUT2D eigenvalue weighted by molar-refractivity contribution is 5.72. The summed E-state index contributed by atoms with van der Waals surface area (Å²) >= 11 is 0. The van der Waals surface area contributed by atoms with Crippen molar-refractivity contribution in [2.24, 2.45) is 5.92 Å². The number of carbonyl (C=O) groups excluding carboxylic acids is 1. The molecule has 104 valence electrons. The topological polar surface area (TPSA) is 52.3 Å². The molecular weight excluding hydrogens is 242 g/mol. The second kappa shape index (κ2) is 5.35. The van der Waals surface area contributed by atoms with Gasteiger partial charge in [-0.25, -0.2) is 0 Å². The quantitative estimate of drug-likeness (QED) is 0.770. The number of hydrogen-bond acceptors (Lipinski definition) is 4. The molecule has 1 aromatic rings. The van der Waals surface area contributed by atoms with Crippen LogP contribution in [0.2, 0.25) is 0 Å². The zero-order valence-electron chi connectivity index (χ0n) is 11.5. The first-order valence-corrected chi connectivity index (χ1v) is 7.34. The number of fused-ring (bicyclic) bond motifs is 1. The van der Waals surface area contributed by atoms with Crippen LogP contribution >= 0.6 is 0 Å². The third kappa shape index (κ3) is 2.40. The van der Waals surface area contributed by atoms with Crippen molar-refractivity contribution in [3.63, 3.8) is 0 Å². The molecule has 0 radical (unpaired) electrons. The van der Waals surface area contributed by atoms with Crippen LogP contribution in [-0.4, -0.2) is 18.2 Å². The number of aromatic nitrogens is 1. The molecule has 3 rings (SSSR count). The standard InChI is InChI=1S/C15H21NO3/c1-18-15(17)11-8-6-10(7-9-11)14-12-4-2-3-5-13(12)16-19-14/h10-11H,2-9H2,1H3. The van der Waals surface area contributed by atoms with Gasteiger partial charge in [0.1, 0.15) is 5.76 Å². The van der Waals surface area contributed by atoms with Gasteiger partial charge in [0, 0.05) is 11.5 Å². The summed E-state index contributed by atoms with van der Waals surface area (Å²) < 4.78 is 10.4. The number of carbonyl (C=O) groups is 1. The fourth-order valence-corrected chi connectivity index (χ4v) is 3.49. The molecule has 19 heavy (non-hydrogen) atoms. The third-order valence-corrected chi connectivity index (χ3v) is 4.62. The zero-order valence-corrected chi connectivity index (χ0v) is 11.5. The number of aryl methyl sites for hydroxylation is 1. The molecule has 0 N–H and O–H groups in total. The van der Waals surface area contributed by atoms with Crippen LogP contribution in [0.4, 0.5) is 0 Å². The predicted octanol–water partition coefficient (Wildman–Crippen LogP) is 3.00. The summed E-state index contributed by atoms with van der Waals surface area (Å²) in [5.41, 5.74) is 2.55. The Morgan fingerprint density at radius 2 is 1.95 bits per heavy atom. The molecule has 1 aromatic heterocycles. The molecule has 0 atom stereocenters. The van der Waals surface area contributed by atoms with Crippen molar-refractivity contribution < 1.29 is 14.1 Å². The number of esters is 1. The minimum Gasteiger partial charge on any atom is -0.469 e. The summed E-state index contributed by atoms with van der Waals surface area (Å²) in [6.07, 6.45) is 8.51. The van der Waals surface area contributed by atoms with Crippen molar-refractivity contribution in [3.8, 4) is 0 Å². The van der Waals surface area contributed by atoms with E-state index in [0.717, 1.165) is 44.3 Å². The fraction of sp³-hybridized carbons (Fsp3) is 0.733. The molecule has 1 fully saturated rings. The lowest BCUT2D eigenvalue weighted by molar-refractivity contribution is -0.146. The predicted molar refractivity (Wildman–Crippen MR) is 69.9 cm³/mol. The Balaban J connectivity index is 1.68. The largest absolute Gasteiger partial charge is 0.469 e. The summed E-state index contributed by atoms with van der Waals surface area (Å²) in [6, 6.07) is 0. The van der Waals surface area contributed by atoms with E-state index >= 15 is 0 Å². The Kier molecular flexibility index (Phi) is 3.58. The Hall–Kier alpha value is -1.32. The van der Waals surface area contributed by atoms with Crippen molar-refractivity contribution in [2.75, 3.05) is 7.11 Å². The van der Waals surface area contributed by atoms with E-state index in [4.69, 9.17) is 9.26 Å². The van der Waals surface area contributed by atoms with Crippen LogP contribution in [0, 0.1) is 5.92 Å². The van der Waals surface area contributed by atoms with Gasteiger partial charge in [0.05, 0.1) is 18.7 Å². The molecule has 2 aliphatic carbocycles. The van der Waals surface area contributed by atoms with Crippen LogP contribution < -0.4 is 0 Å². The van der Waals surface area contributed by atoms with E-state index in [2.05, 4.69) is 5.16 Å². The molecule has 2 aliphatic rings. The maximum Gasteiger partial charge on any atom is 0.308 e. The van der Waals surface area contributed by atoms with Crippen LogP contribution in [0.25, 0.3) is 0 Å². The lowest BCUT2D eigenvalue weighted by Gasteiger charge is -2.26. The van der Waals surface area contributed by atoms with E-state index in [9.17, 15) is 4.79 Å². The molecule has 4 nitrogen and oxygen atoms in total. The van der Waals surface area contributed by atoms with E-state index in [-0.39, 0.29) is 11.9 Å². The average Bonchev–Trinajstić information content (AvgIpc) is 2.90. The van der Waals surface area contributed by atoms with Crippen LogP contribution in [0.3, 0.4) is 0 Å².